The van der Waals surface area contributed by atoms with Gasteiger partial charge in [0.15, 0.2) is 10.8 Å². The van der Waals surface area contributed by atoms with Crippen molar-refractivity contribution in [3.63, 3.8) is 0 Å². The fraction of sp³-hybridized carbons (Fsp3) is 0.154. The number of hydrogen-bond donors (Lipinski definition) is 0. The summed E-state index contributed by atoms with van der Waals surface area (Å²) in [6.45, 7) is 1.96. The number of aromatic nitrogens is 7. The molecule has 0 N–H and O–H groups in total. The van der Waals surface area contributed by atoms with Gasteiger partial charge in [0.05, 0.1) is 11.4 Å². The van der Waals surface area contributed by atoms with Crippen LogP contribution in [0.4, 0.5) is 0 Å². The van der Waals surface area contributed by atoms with Crippen molar-refractivity contribution >= 4 is 16.3 Å². The van der Waals surface area contributed by atoms with Crippen LogP contribution in [0.2, 0.25) is 0 Å². The molecule has 0 aliphatic heterocycles. The van der Waals surface area contributed by atoms with Gasteiger partial charge in [0, 0.05) is 25.0 Å². The Bertz CT molecular complexity index is 919. The van der Waals surface area contributed by atoms with E-state index in [2.05, 4.69) is 25.4 Å². The molecule has 104 valence electrons. The molecule has 21 heavy (non-hydrogen) atoms. The first-order valence-electron chi connectivity index (χ1n) is 6.36. The molecule has 0 amide bonds. The van der Waals surface area contributed by atoms with Crippen LogP contribution < -0.4 is 0 Å². The van der Waals surface area contributed by atoms with Crippen LogP contribution >= 0.6 is 11.3 Å². The van der Waals surface area contributed by atoms with Crippen LogP contribution in [0.1, 0.15) is 5.69 Å². The number of nitrogens with zero attached hydrogens (tertiary/aromatic N) is 7. The monoisotopic (exact) mass is 297 g/mol. The molecular weight excluding hydrogens is 286 g/mol. The Hall–Kier alpha value is -2.61. The van der Waals surface area contributed by atoms with Crippen LogP contribution in [0.25, 0.3) is 27.1 Å². The van der Waals surface area contributed by atoms with Gasteiger partial charge in [0.2, 0.25) is 4.96 Å². The molecule has 8 heteroatoms. The van der Waals surface area contributed by atoms with Crippen molar-refractivity contribution in [2.24, 2.45) is 7.05 Å². The van der Waals surface area contributed by atoms with E-state index in [-0.39, 0.29) is 0 Å². The minimum absolute atomic E-state index is 0.694. The maximum absolute atomic E-state index is 4.62. The third-order valence-electron chi connectivity index (χ3n) is 3.13. The zero-order valence-electron chi connectivity index (χ0n) is 11.4. The molecule has 0 bridgehead atoms. The molecule has 4 aromatic rings. The minimum Gasteiger partial charge on any atom is -0.265 e. The van der Waals surface area contributed by atoms with E-state index in [0.717, 1.165) is 26.9 Å². The van der Waals surface area contributed by atoms with Gasteiger partial charge in [0.25, 0.3) is 0 Å². The van der Waals surface area contributed by atoms with Crippen molar-refractivity contribution < 1.29 is 0 Å². The largest absolute Gasteiger partial charge is 0.265 e. The molecule has 0 saturated heterocycles. The molecule has 4 rings (SSSR count). The normalized spacial score (nSPS) is 11.3. The summed E-state index contributed by atoms with van der Waals surface area (Å²) >= 11 is 1.49. The van der Waals surface area contributed by atoms with E-state index < -0.39 is 0 Å². The zero-order valence-corrected chi connectivity index (χ0v) is 12.2. The molecule has 0 spiro atoms. The number of rotatable bonds is 2. The quantitative estimate of drug-likeness (QED) is 0.565. The molecule has 0 atom stereocenters. The summed E-state index contributed by atoms with van der Waals surface area (Å²) in [7, 11) is 1.91. The molecule has 7 nitrogen and oxygen atoms in total. The van der Waals surface area contributed by atoms with Crippen LogP contribution in [0.5, 0.6) is 0 Å². The second kappa shape index (κ2) is 4.45. The van der Waals surface area contributed by atoms with Crippen molar-refractivity contribution in [3.8, 4) is 22.1 Å². The third-order valence-corrected chi connectivity index (χ3v) is 4.05. The molecule has 4 aromatic heterocycles. The van der Waals surface area contributed by atoms with E-state index in [1.807, 2.05) is 36.9 Å². The van der Waals surface area contributed by atoms with Gasteiger partial charge in [-0.15, -0.1) is 10.2 Å². The zero-order chi connectivity index (χ0) is 14.4. The molecule has 0 saturated carbocycles. The molecule has 0 radical (unpaired) electrons. The van der Waals surface area contributed by atoms with Gasteiger partial charge in [-0.05, 0) is 25.1 Å². The minimum atomic E-state index is 0.694. The van der Waals surface area contributed by atoms with Gasteiger partial charge in [0.1, 0.15) is 0 Å². The van der Waals surface area contributed by atoms with Crippen molar-refractivity contribution in [2.45, 2.75) is 6.92 Å². The lowest BCUT2D eigenvalue weighted by atomic mass is 10.3. The Labute approximate surface area is 123 Å². The highest BCUT2D eigenvalue weighted by Crippen LogP contribution is 2.27. The van der Waals surface area contributed by atoms with E-state index in [4.69, 9.17) is 0 Å². The maximum Gasteiger partial charge on any atom is 0.235 e. The average molecular weight is 297 g/mol. The molecule has 0 aliphatic rings. The first-order valence-corrected chi connectivity index (χ1v) is 7.17. The van der Waals surface area contributed by atoms with Crippen LogP contribution in [0.15, 0.2) is 30.6 Å². The number of pyridine rings is 1. The molecule has 0 unspecified atom stereocenters. The Balaban J connectivity index is 1.88. The second-order valence-corrected chi connectivity index (χ2v) is 5.62. The summed E-state index contributed by atoms with van der Waals surface area (Å²) in [5.74, 6) is 0.694. The third kappa shape index (κ3) is 1.91. The van der Waals surface area contributed by atoms with Crippen molar-refractivity contribution in [3.05, 3.63) is 36.3 Å². The fourth-order valence-corrected chi connectivity index (χ4v) is 3.09. The van der Waals surface area contributed by atoms with Crippen LogP contribution in [-0.4, -0.2) is 34.6 Å². The molecule has 0 aromatic carbocycles. The van der Waals surface area contributed by atoms with Crippen LogP contribution in [-0.2, 0) is 7.05 Å². The highest BCUT2D eigenvalue weighted by molar-refractivity contribution is 7.19. The lowest BCUT2D eigenvalue weighted by molar-refractivity contribution is 0.761. The second-order valence-electron chi connectivity index (χ2n) is 4.66. The highest BCUT2D eigenvalue weighted by Gasteiger charge is 2.16. The molecule has 0 aliphatic carbocycles. The van der Waals surface area contributed by atoms with Gasteiger partial charge in [-0.1, -0.05) is 11.3 Å². The summed E-state index contributed by atoms with van der Waals surface area (Å²) < 4.78 is 3.57. The van der Waals surface area contributed by atoms with Gasteiger partial charge >= 0.3 is 0 Å². The summed E-state index contributed by atoms with van der Waals surface area (Å²) in [6.07, 6.45) is 3.48. The van der Waals surface area contributed by atoms with E-state index in [1.165, 1.54) is 11.3 Å². The average Bonchev–Trinajstić information content (AvgIpc) is 3.13. The van der Waals surface area contributed by atoms with E-state index in [9.17, 15) is 0 Å². The predicted octanol–water partition coefficient (Wildman–Crippen LogP) is 1.96. The smallest absolute Gasteiger partial charge is 0.235 e. The predicted molar refractivity (Wildman–Crippen MR) is 78.8 cm³/mol. The topological polar surface area (TPSA) is 73.8 Å². The van der Waals surface area contributed by atoms with Gasteiger partial charge in [-0.2, -0.15) is 14.7 Å². The number of aryl methyl sites for hydroxylation is 2. The van der Waals surface area contributed by atoms with Gasteiger partial charge < -0.3 is 0 Å². The number of hydrogen-bond acceptors (Lipinski definition) is 6. The first-order chi connectivity index (χ1) is 10.2. The fourth-order valence-electron chi connectivity index (χ4n) is 2.21. The number of fused-ring (bicyclic) bond motifs is 1. The summed E-state index contributed by atoms with van der Waals surface area (Å²) in [6, 6.07) is 5.82. The van der Waals surface area contributed by atoms with E-state index >= 15 is 0 Å². The Morgan fingerprint density at radius 3 is 2.81 bits per heavy atom. The van der Waals surface area contributed by atoms with Gasteiger partial charge in [-0.3, -0.25) is 9.67 Å². The first kappa shape index (κ1) is 12.2. The van der Waals surface area contributed by atoms with Crippen molar-refractivity contribution in [1.29, 1.82) is 0 Å². The van der Waals surface area contributed by atoms with E-state index in [0.29, 0.717) is 5.82 Å². The highest BCUT2D eigenvalue weighted by atomic mass is 32.1. The van der Waals surface area contributed by atoms with Crippen LogP contribution in [0.3, 0.4) is 0 Å². The van der Waals surface area contributed by atoms with Gasteiger partial charge in [-0.25, -0.2) is 0 Å². The Morgan fingerprint density at radius 1 is 1.19 bits per heavy atom. The Kier molecular flexibility index (Phi) is 2.58. The summed E-state index contributed by atoms with van der Waals surface area (Å²) in [5, 5.41) is 18.2. The maximum atomic E-state index is 4.62. The molecular formula is C13H11N7S. The SMILES string of the molecule is Cc1cc(-c2nn3c(-c4cccnc4)nnc3s2)n(C)n1. The van der Waals surface area contributed by atoms with Crippen LogP contribution in [0, 0.1) is 6.92 Å². The lowest BCUT2D eigenvalue weighted by Crippen LogP contribution is -1.95. The summed E-state index contributed by atoms with van der Waals surface area (Å²) in [4.78, 5) is 4.86. The molecule has 0 fully saturated rings. The van der Waals surface area contributed by atoms with Crippen molar-refractivity contribution in [2.75, 3.05) is 0 Å². The van der Waals surface area contributed by atoms with Crippen molar-refractivity contribution in [1.82, 2.24) is 34.6 Å². The lowest BCUT2D eigenvalue weighted by Gasteiger charge is -1.96. The Morgan fingerprint density at radius 2 is 2.10 bits per heavy atom. The summed E-state index contributed by atoms with van der Waals surface area (Å²) in [5.41, 5.74) is 2.83. The standard InChI is InChI=1S/C13H11N7S/c1-8-6-10(19(2)17-8)12-18-20-11(15-16-13(20)21-12)9-4-3-5-14-7-9/h3-7H,1-2H3. The molecule has 4 heterocycles. The van der Waals surface area contributed by atoms with E-state index in [1.54, 1.807) is 16.9 Å².